The van der Waals surface area contributed by atoms with Crippen LogP contribution in [0.2, 0.25) is 0 Å². The molecule has 112 valence electrons. The fourth-order valence-electron chi connectivity index (χ4n) is 3.11. The minimum absolute atomic E-state index is 0.648. The van der Waals surface area contributed by atoms with Gasteiger partial charge in [0.15, 0.2) is 0 Å². The van der Waals surface area contributed by atoms with Crippen molar-refractivity contribution >= 4 is 5.69 Å². The van der Waals surface area contributed by atoms with E-state index in [9.17, 15) is 0 Å². The average molecular weight is 274 g/mol. The highest BCUT2D eigenvalue weighted by molar-refractivity contribution is 5.54. The van der Waals surface area contributed by atoms with Crippen LogP contribution in [0.5, 0.6) is 0 Å². The molecule has 1 heterocycles. The molecule has 1 aromatic rings. The van der Waals surface area contributed by atoms with Crippen molar-refractivity contribution in [3.63, 3.8) is 0 Å². The van der Waals surface area contributed by atoms with E-state index in [1.165, 1.54) is 30.6 Å². The van der Waals surface area contributed by atoms with Gasteiger partial charge in [0.05, 0.1) is 0 Å². The molecule has 0 bridgehead atoms. The third-order valence-corrected chi connectivity index (χ3v) is 4.54. The molecular formula is C18H30N2. The van der Waals surface area contributed by atoms with Gasteiger partial charge in [-0.1, -0.05) is 39.0 Å². The van der Waals surface area contributed by atoms with Crippen molar-refractivity contribution in [1.29, 1.82) is 0 Å². The second-order valence-electron chi connectivity index (χ2n) is 6.71. The molecule has 2 atom stereocenters. The van der Waals surface area contributed by atoms with E-state index in [2.05, 4.69) is 62.2 Å². The maximum atomic E-state index is 3.58. The molecule has 0 radical (unpaired) electrons. The van der Waals surface area contributed by atoms with Gasteiger partial charge >= 0.3 is 0 Å². The number of piperidine rings is 1. The van der Waals surface area contributed by atoms with Crippen molar-refractivity contribution in [3.05, 3.63) is 29.8 Å². The van der Waals surface area contributed by atoms with E-state index in [1.54, 1.807) is 0 Å². The van der Waals surface area contributed by atoms with Crippen LogP contribution in [0.3, 0.4) is 0 Å². The van der Waals surface area contributed by atoms with E-state index < -0.39 is 0 Å². The van der Waals surface area contributed by atoms with Gasteiger partial charge in [0.1, 0.15) is 0 Å². The smallest absolute Gasteiger partial charge is 0.0414 e. The largest absolute Gasteiger partial charge is 0.368 e. The van der Waals surface area contributed by atoms with Crippen LogP contribution in [0.15, 0.2) is 24.3 Å². The van der Waals surface area contributed by atoms with E-state index in [1.807, 2.05) is 0 Å². The zero-order valence-electron chi connectivity index (χ0n) is 13.5. The van der Waals surface area contributed by atoms with Gasteiger partial charge in [-0.3, -0.25) is 0 Å². The van der Waals surface area contributed by atoms with Crippen molar-refractivity contribution in [2.24, 2.45) is 11.8 Å². The highest BCUT2D eigenvalue weighted by Crippen LogP contribution is 2.30. The van der Waals surface area contributed by atoms with Crippen LogP contribution in [-0.4, -0.2) is 19.1 Å². The first kappa shape index (κ1) is 15.4. The molecule has 0 aliphatic carbocycles. The quantitative estimate of drug-likeness (QED) is 0.871. The van der Waals surface area contributed by atoms with Gasteiger partial charge in [0.25, 0.3) is 0 Å². The summed E-state index contributed by atoms with van der Waals surface area (Å²) in [4.78, 5) is 2.61. The first-order valence-electron chi connectivity index (χ1n) is 8.15. The Labute approximate surface area is 124 Å². The Kier molecular flexibility index (Phi) is 5.47. The number of anilines is 1. The molecule has 1 aromatic carbocycles. The second kappa shape index (κ2) is 7.12. The summed E-state index contributed by atoms with van der Waals surface area (Å²) in [5.74, 6) is 1.50. The normalized spacial score (nSPS) is 23.4. The Bertz CT molecular complexity index is 414. The Balaban J connectivity index is 2.10. The zero-order chi connectivity index (χ0) is 14.5. The fourth-order valence-corrected chi connectivity index (χ4v) is 3.11. The molecule has 2 unspecified atom stereocenters. The van der Waals surface area contributed by atoms with Gasteiger partial charge < -0.3 is 10.2 Å². The molecule has 1 fully saturated rings. The van der Waals surface area contributed by atoms with Gasteiger partial charge in [-0.2, -0.15) is 0 Å². The van der Waals surface area contributed by atoms with Crippen molar-refractivity contribution in [2.45, 2.75) is 53.1 Å². The standard InChI is InChI=1S/C18H30N2/c1-14(2)12-19-13-17-9-5-6-10-18(17)20-11-7-8-15(3)16(20)4/h5-6,9-10,14-16,19H,7-8,11-13H2,1-4H3. The van der Waals surface area contributed by atoms with E-state index in [4.69, 9.17) is 0 Å². The Morgan fingerprint density at radius 3 is 2.75 bits per heavy atom. The molecule has 1 N–H and O–H groups in total. The lowest BCUT2D eigenvalue weighted by molar-refractivity contribution is 0.363. The lowest BCUT2D eigenvalue weighted by atomic mass is 9.91. The topological polar surface area (TPSA) is 15.3 Å². The van der Waals surface area contributed by atoms with Gasteiger partial charge in [-0.15, -0.1) is 0 Å². The van der Waals surface area contributed by atoms with Crippen molar-refractivity contribution in [3.8, 4) is 0 Å². The summed E-state index contributed by atoms with van der Waals surface area (Å²) < 4.78 is 0. The summed E-state index contributed by atoms with van der Waals surface area (Å²) in [6.07, 6.45) is 2.69. The van der Waals surface area contributed by atoms with E-state index in [-0.39, 0.29) is 0 Å². The number of benzene rings is 1. The molecule has 0 saturated carbocycles. The van der Waals surface area contributed by atoms with E-state index in [0.29, 0.717) is 12.0 Å². The minimum atomic E-state index is 0.648. The molecule has 1 aliphatic heterocycles. The Hall–Kier alpha value is -1.02. The number of nitrogens with one attached hydrogen (secondary N) is 1. The molecule has 0 amide bonds. The molecule has 2 nitrogen and oxygen atoms in total. The molecule has 0 spiro atoms. The predicted octanol–water partition coefficient (Wildman–Crippen LogP) is 4.06. The van der Waals surface area contributed by atoms with Gasteiger partial charge in [0.2, 0.25) is 0 Å². The van der Waals surface area contributed by atoms with Gasteiger partial charge in [0, 0.05) is 24.8 Å². The molecule has 2 rings (SSSR count). The zero-order valence-corrected chi connectivity index (χ0v) is 13.5. The van der Waals surface area contributed by atoms with Crippen LogP contribution in [-0.2, 0) is 6.54 Å². The third-order valence-electron chi connectivity index (χ3n) is 4.54. The van der Waals surface area contributed by atoms with Crippen LogP contribution in [0.25, 0.3) is 0 Å². The van der Waals surface area contributed by atoms with Crippen LogP contribution < -0.4 is 10.2 Å². The maximum Gasteiger partial charge on any atom is 0.0414 e. The fraction of sp³-hybridized carbons (Fsp3) is 0.667. The second-order valence-corrected chi connectivity index (χ2v) is 6.71. The SMILES string of the molecule is CC(C)CNCc1ccccc1N1CCCC(C)C1C. The number of hydrogen-bond donors (Lipinski definition) is 1. The molecule has 1 aliphatic rings. The molecular weight excluding hydrogens is 244 g/mol. The molecule has 0 aromatic heterocycles. The van der Waals surface area contributed by atoms with Crippen LogP contribution in [0.1, 0.15) is 46.1 Å². The van der Waals surface area contributed by atoms with Crippen molar-refractivity contribution < 1.29 is 0 Å². The Morgan fingerprint density at radius 1 is 1.25 bits per heavy atom. The summed E-state index contributed by atoms with van der Waals surface area (Å²) in [5.41, 5.74) is 2.87. The molecule has 2 heteroatoms. The lowest BCUT2D eigenvalue weighted by Crippen LogP contribution is -2.43. The minimum Gasteiger partial charge on any atom is -0.368 e. The van der Waals surface area contributed by atoms with Gasteiger partial charge in [-0.05, 0) is 49.8 Å². The first-order chi connectivity index (χ1) is 9.59. The Morgan fingerprint density at radius 2 is 2.00 bits per heavy atom. The van der Waals surface area contributed by atoms with Crippen LogP contribution in [0, 0.1) is 11.8 Å². The number of hydrogen-bond acceptors (Lipinski definition) is 2. The van der Waals surface area contributed by atoms with E-state index in [0.717, 1.165) is 19.0 Å². The van der Waals surface area contributed by atoms with Crippen molar-refractivity contribution in [1.82, 2.24) is 5.32 Å². The predicted molar refractivity (Wildman–Crippen MR) is 88.2 cm³/mol. The number of nitrogens with zero attached hydrogens (tertiary/aromatic N) is 1. The summed E-state index contributed by atoms with van der Waals surface area (Å²) in [7, 11) is 0. The summed E-state index contributed by atoms with van der Waals surface area (Å²) >= 11 is 0. The summed E-state index contributed by atoms with van der Waals surface area (Å²) in [6, 6.07) is 9.55. The number of rotatable bonds is 5. The third kappa shape index (κ3) is 3.76. The average Bonchev–Trinajstić information content (AvgIpc) is 2.42. The lowest BCUT2D eigenvalue weighted by Gasteiger charge is -2.40. The summed E-state index contributed by atoms with van der Waals surface area (Å²) in [6.45, 7) is 12.5. The molecule has 1 saturated heterocycles. The number of para-hydroxylation sites is 1. The van der Waals surface area contributed by atoms with E-state index >= 15 is 0 Å². The van der Waals surface area contributed by atoms with Gasteiger partial charge in [-0.25, -0.2) is 0 Å². The van der Waals surface area contributed by atoms with Crippen LogP contribution >= 0.6 is 0 Å². The maximum absolute atomic E-state index is 3.58. The highest BCUT2D eigenvalue weighted by Gasteiger charge is 2.25. The monoisotopic (exact) mass is 274 g/mol. The summed E-state index contributed by atoms with van der Waals surface area (Å²) in [5, 5.41) is 3.58. The molecule has 20 heavy (non-hydrogen) atoms. The highest BCUT2D eigenvalue weighted by atomic mass is 15.2. The van der Waals surface area contributed by atoms with Crippen molar-refractivity contribution in [2.75, 3.05) is 18.0 Å². The first-order valence-corrected chi connectivity index (χ1v) is 8.15. The van der Waals surface area contributed by atoms with Crippen LogP contribution in [0.4, 0.5) is 5.69 Å².